The second-order valence-corrected chi connectivity index (χ2v) is 5.39. The standard InChI is InChI=1S/C14H26N4/c1-12-13(10-16-17(12)3)11-18-9-5-4-6-14(18)7-8-15-2/h10,14-15H,4-9,11H2,1-3H3. The largest absolute Gasteiger partial charge is 0.320 e. The van der Waals surface area contributed by atoms with Crippen LogP contribution in [0.1, 0.15) is 36.9 Å². The maximum absolute atomic E-state index is 4.35. The lowest BCUT2D eigenvalue weighted by Crippen LogP contribution is -2.40. The Kier molecular flexibility index (Phi) is 4.78. The molecule has 1 atom stereocenters. The molecule has 4 nitrogen and oxygen atoms in total. The molecule has 2 heterocycles. The maximum Gasteiger partial charge on any atom is 0.0537 e. The molecule has 1 aliphatic heterocycles. The molecule has 1 aromatic rings. The van der Waals surface area contributed by atoms with E-state index in [4.69, 9.17) is 0 Å². The Balaban J connectivity index is 1.98. The van der Waals surface area contributed by atoms with Crippen molar-refractivity contribution >= 4 is 0 Å². The molecule has 1 unspecified atom stereocenters. The highest BCUT2D eigenvalue weighted by atomic mass is 15.3. The minimum Gasteiger partial charge on any atom is -0.320 e. The lowest BCUT2D eigenvalue weighted by atomic mass is 9.98. The van der Waals surface area contributed by atoms with Crippen molar-refractivity contribution in [2.45, 2.75) is 45.2 Å². The molecule has 0 spiro atoms. The molecule has 2 rings (SSSR count). The number of rotatable bonds is 5. The number of aryl methyl sites for hydroxylation is 1. The second kappa shape index (κ2) is 6.34. The lowest BCUT2D eigenvalue weighted by Gasteiger charge is -2.35. The number of nitrogens with one attached hydrogen (secondary N) is 1. The zero-order valence-corrected chi connectivity index (χ0v) is 11.9. The molecular formula is C14H26N4. The average Bonchev–Trinajstić information content (AvgIpc) is 2.70. The van der Waals surface area contributed by atoms with Gasteiger partial charge in [0, 0.05) is 30.9 Å². The van der Waals surface area contributed by atoms with Crippen LogP contribution in [0.3, 0.4) is 0 Å². The van der Waals surface area contributed by atoms with E-state index in [2.05, 4.69) is 22.2 Å². The van der Waals surface area contributed by atoms with Crippen molar-refractivity contribution in [3.05, 3.63) is 17.5 Å². The van der Waals surface area contributed by atoms with Gasteiger partial charge in [0.05, 0.1) is 6.20 Å². The van der Waals surface area contributed by atoms with E-state index in [0.29, 0.717) is 0 Å². The summed E-state index contributed by atoms with van der Waals surface area (Å²) < 4.78 is 1.97. The third-order valence-electron chi connectivity index (χ3n) is 4.19. The van der Waals surface area contributed by atoms with Crippen LogP contribution in [0.2, 0.25) is 0 Å². The van der Waals surface area contributed by atoms with Crippen LogP contribution in [0.4, 0.5) is 0 Å². The van der Waals surface area contributed by atoms with Gasteiger partial charge < -0.3 is 5.32 Å². The molecule has 0 radical (unpaired) electrons. The van der Waals surface area contributed by atoms with Crippen LogP contribution in [-0.2, 0) is 13.6 Å². The van der Waals surface area contributed by atoms with Crippen LogP contribution in [0, 0.1) is 6.92 Å². The number of likely N-dealkylation sites (tertiary alicyclic amines) is 1. The molecule has 1 aromatic heterocycles. The van der Waals surface area contributed by atoms with E-state index in [1.165, 1.54) is 43.5 Å². The topological polar surface area (TPSA) is 33.1 Å². The van der Waals surface area contributed by atoms with Gasteiger partial charge in [-0.05, 0) is 46.3 Å². The lowest BCUT2D eigenvalue weighted by molar-refractivity contribution is 0.132. The van der Waals surface area contributed by atoms with Crippen molar-refractivity contribution in [3.63, 3.8) is 0 Å². The average molecular weight is 250 g/mol. The van der Waals surface area contributed by atoms with Crippen molar-refractivity contribution in [2.75, 3.05) is 20.1 Å². The molecular weight excluding hydrogens is 224 g/mol. The van der Waals surface area contributed by atoms with Crippen LogP contribution in [0.15, 0.2) is 6.20 Å². The van der Waals surface area contributed by atoms with E-state index < -0.39 is 0 Å². The van der Waals surface area contributed by atoms with E-state index in [-0.39, 0.29) is 0 Å². The maximum atomic E-state index is 4.35. The first kappa shape index (κ1) is 13.6. The summed E-state index contributed by atoms with van der Waals surface area (Å²) in [6.07, 6.45) is 7.36. The summed E-state index contributed by atoms with van der Waals surface area (Å²) >= 11 is 0. The number of aromatic nitrogens is 2. The molecule has 4 heteroatoms. The Morgan fingerprint density at radius 2 is 2.28 bits per heavy atom. The molecule has 0 aliphatic carbocycles. The number of hydrogen-bond donors (Lipinski definition) is 1. The fraction of sp³-hybridized carbons (Fsp3) is 0.786. The van der Waals surface area contributed by atoms with E-state index in [0.717, 1.165) is 19.1 Å². The third kappa shape index (κ3) is 3.12. The monoisotopic (exact) mass is 250 g/mol. The first-order valence-corrected chi connectivity index (χ1v) is 7.08. The van der Waals surface area contributed by atoms with E-state index in [9.17, 15) is 0 Å². The van der Waals surface area contributed by atoms with Crippen molar-refractivity contribution < 1.29 is 0 Å². The Bertz CT molecular complexity index is 372. The van der Waals surface area contributed by atoms with Crippen molar-refractivity contribution in [1.29, 1.82) is 0 Å². The molecule has 1 fully saturated rings. The Morgan fingerprint density at radius 3 is 2.94 bits per heavy atom. The highest BCUT2D eigenvalue weighted by molar-refractivity contribution is 5.15. The van der Waals surface area contributed by atoms with E-state index in [1.807, 2.05) is 25.0 Å². The fourth-order valence-electron chi connectivity index (χ4n) is 2.82. The van der Waals surface area contributed by atoms with Crippen LogP contribution in [0.5, 0.6) is 0 Å². The summed E-state index contributed by atoms with van der Waals surface area (Å²) in [6, 6.07) is 0.741. The van der Waals surface area contributed by atoms with Gasteiger partial charge in [-0.3, -0.25) is 9.58 Å². The van der Waals surface area contributed by atoms with Gasteiger partial charge in [-0.25, -0.2) is 0 Å². The fourth-order valence-corrected chi connectivity index (χ4v) is 2.82. The van der Waals surface area contributed by atoms with Gasteiger partial charge in [-0.2, -0.15) is 5.10 Å². The van der Waals surface area contributed by atoms with Crippen molar-refractivity contribution in [1.82, 2.24) is 20.0 Å². The van der Waals surface area contributed by atoms with Crippen LogP contribution in [0.25, 0.3) is 0 Å². The number of piperidine rings is 1. The second-order valence-electron chi connectivity index (χ2n) is 5.39. The predicted octanol–water partition coefficient (Wildman–Crippen LogP) is 1.69. The molecule has 1 N–H and O–H groups in total. The number of hydrogen-bond acceptors (Lipinski definition) is 3. The minimum atomic E-state index is 0.741. The van der Waals surface area contributed by atoms with Gasteiger partial charge in [0.2, 0.25) is 0 Å². The smallest absolute Gasteiger partial charge is 0.0537 e. The summed E-state index contributed by atoms with van der Waals surface area (Å²) in [5.74, 6) is 0. The quantitative estimate of drug-likeness (QED) is 0.863. The van der Waals surface area contributed by atoms with Crippen molar-refractivity contribution in [2.24, 2.45) is 7.05 Å². The van der Waals surface area contributed by atoms with Gasteiger partial charge in [-0.15, -0.1) is 0 Å². The van der Waals surface area contributed by atoms with Gasteiger partial charge in [0.1, 0.15) is 0 Å². The molecule has 1 aliphatic rings. The predicted molar refractivity (Wildman–Crippen MR) is 74.5 cm³/mol. The highest BCUT2D eigenvalue weighted by Crippen LogP contribution is 2.22. The van der Waals surface area contributed by atoms with Crippen molar-refractivity contribution in [3.8, 4) is 0 Å². The summed E-state index contributed by atoms with van der Waals surface area (Å²) in [7, 11) is 4.06. The molecule has 0 saturated carbocycles. The van der Waals surface area contributed by atoms with Gasteiger partial charge >= 0.3 is 0 Å². The van der Waals surface area contributed by atoms with Crippen LogP contribution < -0.4 is 5.32 Å². The summed E-state index contributed by atoms with van der Waals surface area (Å²) in [4.78, 5) is 2.64. The zero-order chi connectivity index (χ0) is 13.0. The molecule has 0 aromatic carbocycles. The molecule has 102 valence electrons. The number of nitrogens with zero attached hydrogens (tertiary/aromatic N) is 3. The SMILES string of the molecule is CNCCC1CCCCN1Cc1cnn(C)c1C. The van der Waals surface area contributed by atoms with Crippen LogP contribution >= 0.6 is 0 Å². The highest BCUT2D eigenvalue weighted by Gasteiger charge is 2.22. The molecule has 18 heavy (non-hydrogen) atoms. The van der Waals surface area contributed by atoms with Gasteiger partial charge in [0.25, 0.3) is 0 Å². The molecule has 0 amide bonds. The van der Waals surface area contributed by atoms with E-state index >= 15 is 0 Å². The summed E-state index contributed by atoms with van der Waals surface area (Å²) in [5.41, 5.74) is 2.68. The van der Waals surface area contributed by atoms with E-state index in [1.54, 1.807) is 0 Å². The Hall–Kier alpha value is -0.870. The Morgan fingerprint density at radius 1 is 1.44 bits per heavy atom. The first-order chi connectivity index (χ1) is 8.72. The normalized spacial score (nSPS) is 21.4. The van der Waals surface area contributed by atoms with Crippen LogP contribution in [-0.4, -0.2) is 40.9 Å². The van der Waals surface area contributed by atoms with Gasteiger partial charge in [0.15, 0.2) is 0 Å². The first-order valence-electron chi connectivity index (χ1n) is 7.08. The Labute approximate surface area is 110 Å². The molecule has 0 bridgehead atoms. The third-order valence-corrected chi connectivity index (χ3v) is 4.19. The van der Waals surface area contributed by atoms with Gasteiger partial charge in [-0.1, -0.05) is 6.42 Å². The molecule has 1 saturated heterocycles. The zero-order valence-electron chi connectivity index (χ0n) is 11.9. The minimum absolute atomic E-state index is 0.741. The summed E-state index contributed by atoms with van der Waals surface area (Å²) in [5, 5.41) is 7.62. The summed E-state index contributed by atoms with van der Waals surface area (Å²) in [6.45, 7) is 5.58.